The molecule has 0 saturated carbocycles. The molecule has 11 nitrogen and oxygen atoms in total. The maximum atomic E-state index is 14.8. The summed E-state index contributed by atoms with van der Waals surface area (Å²) in [5.41, 5.74) is -1.66. The molecule has 37 heavy (non-hydrogen) atoms. The Morgan fingerprint density at radius 2 is 1.86 bits per heavy atom. The summed E-state index contributed by atoms with van der Waals surface area (Å²) >= 11 is 0. The molecule has 200 valence electrons. The molecule has 0 atom stereocenters. The van der Waals surface area contributed by atoms with Gasteiger partial charge in [-0.2, -0.15) is 23.0 Å². The molecule has 3 aromatic rings. The molecular formula is C22H26F4N8O3. The molecule has 0 bridgehead atoms. The van der Waals surface area contributed by atoms with Crippen LogP contribution in [0.1, 0.15) is 43.9 Å². The van der Waals surface area contributed by atoms with E-state index in [0.717, 1.165) is 21.5 Å². The lowest BCUT2D eigenvalue weighted by Gasteiger charge is -2.22. The van der Waals surface area contributed by atoms with Gasteiger partial charge in [0.15, 0.2) is 23.2 Å². The third-order valence-electron chi connectivity index (χ3n) is 5.29. The highest BCUT2D eigenvalue weighted by molar-refractivity contribution is 5.90. The lowest BCUT2D eigenvalue weighted by atomic mass is 10.0. The normalized spacial score (nSPS) is 12.0. The van der Waals surface area contributed by atoms with E-state index in [2.05, 4.69) is 35.5 Å². The number of pyridine rings is 1. The van der Waals surface area contributed by atoms with Crippen LogP contribution in [0.15, 0.2) is 24.7 Å². The zero-order chi connectivity index (χ0) is 27.4. The number of carbonyl (C=O) groups is 2. The van der Waals surface area contributed by atoms with E-state index in [0.29, 0.717) is 18.8 Å². The number of hydrogen-bond acceptors (Lipinski definition) is 8. The highest BCUT2D eigenvalue weighted by Crippen LogP contribution is 2.28. The molecule has 0 aliphatic carbocycles. The molecule has 3 rings (SSSR count). The Labute approximate surface area is 209 Å². The Balaban J connectivity index is 1.63. The van der Waals surface area contributed by atoms with Crippen molar-refractivity contribution >= 4 is 17.6 Å². The van der Waals surface area contributed by atoms with Crippen LogP contribution < -0.4 is 10.6 Å². The van der Waals surface area contributed by atoms with Gasteiger partial charge in [-0.25, -0.2) is 14.4 Å². The molecule has 0 radical (unpaired) electrons. The maximum Gasteiger partial charge on any atom is 0.435 e. The van der Waals surface area contributed by atoms with Crippen molar-refractivity contribution in [1.29, 1.82) is 0 Å². The number of nitrogens with one attached hydrogen (secondary N) is 2. The summed E-state index contributed by atoms with van der Waals surface area (Å²) in [6.45, 7) is 5.03. The predicted octanol–water partition coefficient (Wildman–Crippen LogP) is 2.74. The van der Waals surface area contributed by atoms with Crippen LogP contribution in [0.2, 0.25) is 0 Å². The minimum Gasteiger partial charge on any atom is -0.469 e. The fourth-order valence-electron chi connectivity index (χ4n) is 3.28. The van der Waals surface area contributed by atoms with Crippen molar-refractivity contribution in [1.82, 2.24) is 34.8 Å². The summed E-state index contributed by atoms with van der Waals surface area (Å²) in [5, 5.41) is 13.3. The number of halogens is 4. The first kappa shape index (κ1) is 27.7. The third-order valence-corrected chi connectivity index (χ3v) is 5.29. The van der Waals surface area contributed by atoms with Crippen LogP contribution in [0.3, 0.4) is 0 Å². The molecule has 0 fully saturated rings. The minimum atomic E-state index is -4.63. The van der Waals surface area contributed by atoms with E-state index < -0.39 is 35.7 Å². The number of methoxy groups -OCH3 is 1. The lowest BCUT2D eigenvalue weighted by molar-refractivity contribution is -0.142. The van der Waals surface area contributed by atoms with Crippen LogP contribution in [0, 0.1) is 12.7 Å². The molecule has 0 saturated heterocycles. The number of aromatic nitrogens is 6. The molecule has 1 amide bonds. The third kappa shape index (κ3) is 7.09. The molecule has 0 spiro atoms. The molecule has 3 heterocycles. The number of aryl methyl sites for hydroxylation is 1. The van der Waals surface area contributed by atoms with Crippen LogP contribution >= 0.6 is 0 Å². The monoisotopic (exact) mass is 526 g/mol. The number of anilines is 1. The smallest absolute Gasteiger partial charge is 0.435 e. The number of carbonyl (C=O) groups excluding carboxylic acids is 2. The second kappa shape index (κ2) is 11.0. The predicted molar refractivity (Wildman–Crippen MR) is 122 cm³/mol. The number of rotatable bonds is 10. The van der Waals surface area contributed by atoms with Crippen molar-refractivity contribution in [2.24, 2.45) is 0 Å². The number of esters is 1. The van der Waals surface area contributed by atoms with Crippen LogP contribution in [-0.4, -0.2) is 55.1 Å². The van der Waals surface area contributed by atoms with Gasteiger partial charge in [-0.3, -0.25) is 14.3 Å². The van der Waals surface area contributed by atoms with Gasteiger partial charge in [-0.05, 0) is 39.8 Å². The van der Waals surface area contributed by atoms with E-state index in [9.17, 15) is 27.2 Å². The minimum absolute atomic E-state index is 0.0000420. The Bertz CT molecular complexity index is 1270. The van der Waals surface area contributed by atoms with Gasteiger partial charge >= 0.3 is 12.1 Å². The van der Waals surface area contributed by atoms with Crippen molar-refractivity contribution in [3.8, 4) is 5.82 Å². The molecule has 0 aliphatic rings. The topological polar surface area (TPSA) is 129 Å². The van der Waals surface area contributed by atoms with Gasteiger partial charge in [-0.1, -0.05) is 0 Å². The second-order valence-corrected chi connectivity index (χ2v) is 8.65. The van der Waals surface area contributed by atoms with E-state index in [1.165, 1.54) is 26.6 Å². The summed E-state index contributed by atoms with van der Waals surface area (Å²) < 4.78 is 59.8. The van der Waals surface area contributed by atoms with Gasteiger partial charge in [0.25, 0.3) is 0 Å². The first-order chi connectivity index (χ1) is 17.3. The molecule has 0 aliphatic heterocycles. The Hall–Kier alpha value is -3.88. The lowest BCUT2D eigenvalue weighted by Crippen LogP contribution is -2.38. The second-order valence-electron chi connectivity index (χ2n) is 8.65. The standard InChI is InChI=1S/C22H26F4N8O3/c1-13-8-16(22(24,25)26)31-33(13)11-17(35)30-14-9-15(23)19(27-10-14)34-12-28-20(32-34)21(2,3)29-7-5-6-18(36)37-4/h8-10,12,29H,5-7,11H2,1-4H3,(H,30,35). The van der Waals surface area contributed by atoms with E-state index in [-0.39, 0.29) is 29.6 Å². The van der Waals surface area contributed by atoms with Crippen LogP contribution in [0.4, 0.5) is 23.2 Å². The van der Waals surface area contributed by atoms with Crippen LogP contribution in [0.25, 0.3) is 5.82 Å². The zero-order valence-electron chi connectivity index (χ0n) is 20.6. The summed E-state index contributed by atoms with van der Waals surface area (Å²) in [7, 11) is 1.32. The summed E-state index contributed by atoms with van der Waals surface area (Å²) in [4.78, 5) is 31.7. The Kier molecular flexibility index (Phi) is 8.25. The van der Waals surface area contributed by atoms with Crippen LogP contribution in [0.5, 0.6) is 0 Å². The molecule has 0 unspecified atom stereocenters. The Morgan fingerprint density at radius 1 is 1.14 bits per heavy atom. The van der Waals surface area contributed by atoms with Crippen molar-refractivity contribution in [2.75, 3.05) is 19.0 Å². The average Bonchev–Trinajstić information content (AvgIpc) is 3.44. The van der Waals surface area contributed by atoms with Crippen molar-refractivity contribution in [2.45, 2.75) is 51.9 Å². The first-order valence-electron chi connectivity index (χ1n) is 11.1. The number of nitrogens with zero attached hydrogens (tertiary/aromatic N) is 6. The van der Waals surface area contributed by atoms with Crippen LogP contribution in [-0.2, 0) is 32.6 Å². The van der Waals surface area contributed by atoms with Gasteiger partial charge in [0.1, 0.15) is 12.9 Å². The van der Waals surface area contributed by atoms with Crippen molar-refractivity contribution in [3.05, 3.63) is 47.7 Å². The number of alkyl halides is 3. The first-order valence-corrected chi connectivity index (χ1v) is 11.1. The van der Waals surface area contributed by atoms with E-state index >= 15 is 0 Å². The van der Waals surface area contributed by atoms with E-state index in [1.54, 1.807) is 0 Å². The molecular weight excluding hydrogens is 500 g/mol. The highest BCUT2D eigenvalue weighted by Gasteiger charge is 2.34. The van der Waals surface area contributed by atoms with Gasteiger partial charge < -0.3 is 15.4 Å². The number of amides is 1. The summed E-state index contributed by atoms with van der Waals surface area (Å²) in [6, 6.07) is 1.84. The molecule has 0 aromatic carbocycles. The largest absolute Gasteiger partial charge is 0.469 e. The molecule has 3 aromatic heterocycles. The summed E-state index contributed by atoms with van der Waals surface area (Å²) in [6.07, 6.45) is -1.35. The number of hydrogen-bond donors (Lipinski definition) is 2. The fourth-order valence-corrected chi connectivity index (χ4v) is 3.28. The quantitative estimate of drug-likeness (QED) is 0.235. The molecule has 2 N–H and O–H groups in total. The Morgan fingerprint density at radius 3 is 2.49 bits per heavy atom. The summed E-state index contributed by atoms with van der Waals surface area (Å²) in [5.74, 6) is -1.65. The van der Waals surface area contributed by atoms with E-state index in [4.69, 9.17) is 0 Å². The van der Waals surface area contributed by atoms with Gasteiger partial charge in [0.2, 0.25) is 5.91 Å². The fraction of sp³-hybridized carbons (Fsp3) is 0.455. The van der Waals surface area contributed by atoms with E-state index in [1.807, 2.05) is 13.8 Å². The van der Waals surface area contributed by atoms with Gasteiger partial charge in [-0.15, -0.1) is 5.10 Å². The number of ether oxygens (including phenoxy) is 1. The van der Waals surface area contributed by atoms with Crippen molar-refractivity contribution < 1.29 is 31.9 Å². The molecule has 15 heteroatoms. The van der Waals surface area contributed by atoms with Gasteiger partial charge in [0, 0.05) is 18.2 Å². The zero-order valence-corrected chi connectivity index (χ0v) is 20.6. The highest BCUT2D eigenvalue weighted by atomic mass is 19.4. The SMILES string of the molecule is COC(=O)CCCNC(C)(C)c1ncn(-c2ncc(NC(=O)Cn3nc(C(F)(F)F)cc3C)cc2F)n1. The average molecular weight is 526 g/mol. The maximum absolute atomic E-state index is 14.8. The van der Waals surface area contributed by atoms with Gasteiger partial charge in [0.05, 0.1) is 24.5 Å². The van der Waals surface area contributed by atoms with Crippen molar-refractivity contribution in [3.63, 3.8) is 0 Å².